The first-order valence-corrected chi connectivity index (χ1v) is 9.04. The lowest BCUT2D eigenvalue weighted by molar-refractivity contribution is -0.156. The third-order valence-electron chi connectivity index (χ3n) is 4.76. The smallest absolute Gasteiger partial charge is 0.334 e. The van der Waals surface area contributed by atoms with Crippen LogP contribution in [0.2, 0.25) is 0 Å². The molecule has 1 atom stereocenters. The predicted octanol–water partition coefficient (Wildman–Crippen LogP) is 1.80. The van der Waals surface area contributed by atoms with E-state index in [9.17, 15) is 14.4 Å². The number of carbonyl (C=O) groups excluding carboxylic acids is 3. The summed E-state index contributed by atoms with van der Waals surface area (Å²) in [7, 11) is 0. The summed E-state index contributed by atoms with van der Waals surface area (Å²) in [4.78, 5) is 37.0. The van der Waals surface area contributed by atoms with Crippen LogP contribution in [0.4, 0.5) is 5.69 Å². The number of hydrogen-bond donors (Lipinski definition) is 2. The third-order valence-corrected chi connectivity index (χ3v) is 4.76. The number of carbonyl (C=O) groups is 3. The molecule has 3 rings (SSSR count). The van der Waals surface area contributed by atoms with Gasteiger partial charge in [-0.1, -0.05) is 6.07 Å². The molecule has 1 aromatic rings. The Morgan fingerprint density at radius 1 is 1.31 bits per heavy atom. The van der Waals surface area contributed by atoms with Gasteiger partial charge in [-0.15, -0.1) is 0 Å². The fraction of sp³-hybridized carbons (Fsp3) is 0.526. The lowest BCUT2D eigenvalue weighted by Crippen LogP contribution is -2.60. The molecule has 0 saturated carbocycles. The van der Waals surface area contributed by atoms with Crippen molar-refractivity contribution in [3.8, 4) is 0 Å². The molecular formula is C19H24N2O5. The van der Waals surface area contributed by atoms with E-state index in [1.54, 1.807) is 19.1 Å². The Morgan fingerprint density at radius 3 is 2.88 bits per heavy atom. The molecule has 7 heteroatoms. The molecule has 0 bridgehead atoms. The first kappa shape index (κ1) is 18.4. The Hall–Kier alpha value is -2.41. The number of amides is 2. The van der Waals surface area contributed by atoms with Gasteiger partial charge in [0.2, 0.25) is 5.91 Å². The maximum Gasteiger partial charge on any atom is 0.334 e. The van der Waals surface area contributed by atoms with Crippen molar-refractivity contribution in [1.82, 2.24) is 5.32 Å². The fourth-order valence-corrected chi connectivity index (χ4v) is 3.37. The van der Waals surface area contributed by atoms with Crippen molar-refractivity contribution in [1.29, 1.82) is 0 Å². The van der Waals surface area contributed by atoms with Crippen LogP contribution in [-0.4, -0.2) is 43.1 Å². The molecule has 2 aliphatic heterocycles. The molecule has 2 amide bonds. The molecular weight excluding hydrogens is 336 g/mol. The van der Waals surface area contributed by atoms with Crippen LogP contribution < -0.4 is 10.6 Å². The van der Waals surface area contributed by atoms with E-state index in [4.69, 9.17) is 9.47 Å². The Kier molecular flexibility index (Phi) is 5.56. The normalized spacial score (nSPS) is 22.6. The molecule has 140 valence electrons. The Morgan fingerprint density at radius 2 is 2.15 bits per heavy atom. The highest BCUT2D eigenvalue weighted by atomic mass is 16.5. The second kappa shape index (κ2) is 7.86. The summed E-state index contributed by atoms with van der Waals surface area (Å²) in [5.74, 6) is -0.911. The minimum absolute atomic E-state index is 0.0509. The van der Waals surface area contributed by atoms with E-state index in [1.165, 1.54) is 0 Å². The minimum atomic E-state index is -1.17. The topological polar surface area (TPSA) is 93.7 Å². The maximum atomic E-state index is 12.8. The van der Waals surface area contributed by atoms with E-state index in [0.29, 0.717) is 37.1 Å². The second-order valence-electron chi connectivity index (χ2n) is 6.69. The first-order chi connectivity index (χ1) is 12.5. The number of rotatable bonds is 4. The van der Waals surface area contributed by atoms with Crippen LogP contribution in [0.3, 0.4) is 0 Å². The zero-order valence-electron chi connectivity index (χ0n) is 14.9. The second-order valence-corrected chi connectivity index (χ2v) is 6.69. The van der Waals surface area contributed by atoms with Crippen molar-refractivity contribution in [3.05, 3.63) is 29.3 Å². The van der Waals surface area contributed by atoms with Crippen molar-refractivity contribution in [2.75, 3.05) is 25.1 Å². The van der Waals surface area contributed by atoms with Gasteiger partial charge < -0.3 is 20.1 Å². The van der Waals surface area contributed by atoms with Gasteiger partial charge in [0.1, 0.15) is 0 Å². The van der Waals surface area contributed by atoms with Gasteiger partial charge in [0.15, 0.2) is 5.54 Å². The van der Waals surface area contributed by atoms with Crippen LogP contribution in [0.25, 0.3) is 0 Å². The van der Waals surface area contributed by atoms with Crippen LogP contribution in [0, 0.1) is 0 Å². The number of anilines is 1. The molecule has 2 heterocycles. The van der Waals surface area contributed by atoms with Crippen LogP contribution in [-0.2, 0) is 25.5 Å². The molecule has 26 heavy (non-hydrogen) atoms. The van der Waals surface area contributed by atoms with E-state index in [2.05, 4.69) is 10.6 Å². The summed E-state index contributed by atoms with van der Waals surface area (Å²) >= 11 is 0. The van der Waals surface area contributed by atoms with Gasteiger partial charge in [-0.25, -0.2) is 4.79 Å². The first-order valence-electron chi connectivity index (χ1n) is 9.04. The number of fused-ring (bicyclic) bond motifs is 1. The average Bonchev–Trinajstić information content (AvgIpc) is 2.82. The van der Waals surface area contributed by atoms with Gasteiger partial charge in [0, 0.05) is 24.3 Å². The zero-order valence-corrected chi connectivity index (χ0v) is 14.9. The number of nitrogens with one attached hydrogen (secondary N) is 2. The van der Waals surface area contributed by atoms with Crippen molar-refractivity contribution >= 4 is 23.5 Å². The summed E-state index contributed by atoms with van der Waals surface area (Å²) in [6.07, 6.45) is 3.18. The largest absolute Gasteiger partial charge is 0.464 e. The molecule has 0 aromatic heterocycles. The summed E-state index contributed by atoms with van der Waals surface area (Å²) in [6, 6.07) is 5.23. The number of aryl methyl sites for hydroxylation is 1. The summed E-state index contributed by atoms with van der Waals surface area (Å²) < 4.78 is 10.6. The van der Waals surface area contributed by atoms with E-state index in [0.717, 1.165) is 18.4 Å². The van der Waals surface area contributed by atoms with E-state index >= 15 is 0 Å². The Labute approximate surface area is 152 Å². The molecule has 1 fully saturated rings. The highest BCUT2D eigenvalue weighted by molar-refractivity contribution is 6.00. The average molecular weight is 360 g/mol. The molecule has 7 nitrogen and oxygen atoms in total. The third kappa shape index (κ3) is 3.88. The molecule has 0 spiro atoms. The lowest BCUT2D eigenvalue weighted by atomic mass is 9.91. The molecule has 1 unspecified atom stereocenters. The predicted molar refractivity (Wildman–Crippen MR) is 94.9 cm³/mol. The van der Waals surface area contributed by atoms with Crippen LogP contribution in [0.5, 0.6) is 0 Å². The molecule has 0 radical (unpaired) electrons. The lowest BCUT2D eigenvalue weighted by Gasteiger charge is -2.35. The van der Waals surface area contributed by atoms with Gasteiger partial charge in [-0.3, -0.25) is 9.59 Å². The van der Waals surface area contributed by atoms with Gasteiger partial charge in [0.05, 0.1) is 13.2 Å². The highest BCUT2D eigenvalue weighted by Gasteiger charge is 2.43. The van der Waals surface area contributed by atoms with E-state index in [1.807, 2.05) is 6.07 Å². The summed E-state index contributed by atoms with van der Waals surface area (Å²) in [6.45, 7) is 2.62. The van der Waals surface area contributed by atoms with E-state index < -0.39 is 11.5 Å². The molecule has 1 saturated heterocycles. The van der Waals surface area contributed by atoms with Crippen molar-refractivity contribution in [2.45, 2.75) is 44.6 Å². The van der Waals surface area contributed by atoms with Gasteiger partial charge in [0.25, 0.3) is 5.91 Å². The maximum absolute atomic E-state index is 12.8. The van der Waals surface area contributed by atoms with Gasteiger partial charge >= 0.3 is 5.97 Å². The van der Waals surface area contributed by atoms with Crippen LogP contribution in [0.15, 0.2) is 18.2 Å². The molecule has 2 aliphatic rings. The van der Waals surface area contributed by atoms with Gasteiger partial charge in [-0.05, 0) is 50.3 Å². The minimum Gasteiger partial charge on any atom is -0.464 e. The van der Waals surface area contributed by atoms with Crippen LogP contribution in [0.1, 0.15) is 48.5 Å². The SMILES string of the molecule is CCOC(=O)C1(NC(=O)c2ccc3c(c2)NC(=O)CCC3)CCCOC1. The fourth-order valence-electron chi connectivity index (χ4n) is 3.37. The van der Waals surface area contributed by atoms with Gasteiger partial charge in [-0.2, -0.15) is 0 Å². The highest BCUT2D eigenvalue weighted by Crippen LogP contribution is 2.25. The number of hydrogen-bond acceptors (Lipinski definition) is 5. The molecule has 0 aliphatic carbocycles. The standard InChI is InChI=1S/C19H24N2O5/c1-2-26-18(24)19(9-4-10-25-12-19)21-17(23)14-8-7-13-5-3-6-16(22)20-15(13)11-14/h7-8,11H,2-6,9-10,12H2,1H3,(H,20,22)(H,21,23). The molecule has 1 aromatic carbocycles. The van der Waals surface area contributed by atoms with Crippen molar-refractivity contribution in [3.63, 3.8) is 0 Å². The van der Waals surface area contributed by atoms with Crippen molar-refractivity contribution < 1.29 is 23.9 Å². The van der Waals surface area contributed by atoms with E-state index in [-0.39, 0.29) is 25.0 Å². The number of esters is 1. The van der Waals surface area contributed by atoms with Crippen LogP contribution >= 0.6 is 0 Å². The number of benzene rings is 1. The summed E-state index contributed by atoms with van der Waals surface area (Å²) in [5, 5.41) is 5.65. The van der Waals surface area contributed by atoms with Crippen molar-refractivity contribution in [2.24, 2.45) is 0 Å². The Balaban J connectivity index is 1.81. The monoisotopic (exact) mass is 360 g/mol. The Bertz CT molecular complexity index is 710. The zero-order chi connectivity index (χ0) is 18.6. The quantitative estimate of drug-likeness (QED) is 0.799. The summed E-state index contributed by atoms with van der Waals surface area (Å²) in [5.41, 5.74) is 0.889. The number of ether oxygens (including phenoxy) is 2. The molecule has 2 N–H and O–H groups in total.